The number of aromatic hydroxyl groups is 1. The molecule has 0 unspecified atom stereocenters. The number of aromatic amines is 1. The van der Waals surface area contributed by atoms with E-state index in [1.54, 1.807) is 29.3 Å². The molecule has 0 aliphatic carbocycles. The fourth-order valence-corrected chi connectivity index (χ4v) is 9.19. The molecule has 16 nitrogen and oxygen atoms in total. The number of amides is 1. The van der Waals surface area contributed by atoms with Gasteiger partial charge in [0.1, 0.15) is 34.6 Å². The minimum atomic E-state index is -0.941. The minimum Gasteiger partial charge on any atom is -0.507 e. The van der Waals surface area contributed by atoms with Gasteiger partial charge in [0.15, 0.2) is 23.0 Å². The first kappa shape index (κ1) is 46.7. The average Bonchev–Trinajstić information content (AvgIpc) is 3.98. The molecular formula is C52H49F2N9O7. The molecule has 8 aromatic rings. The number of carbonyl (C=O) groups excluding carboxylic acids is 2. The van der Waals surface area contributed by atoms with Crippen molar-refractivity contribution in [2.45, 2.75) is 46.2 Å². The highest BCUT2D eigenvalue weighted by atomic mass is 19.1. The Hall–Kier alpha value is -8.41. The van der Waals surface area contributed by atoms with Gasteiger partial charge in [-0.25, -0.2) is 28.1 Å². The molecule has 1 aliphatic rings. The van der Waals surface area contributed by atoms with Crippen molar-refractivity contribution in [3.8, 4) is 51.3 Å². The molecule has 1 aliphatic heterocycles. The molecule has 1 fully saturated rings. The van der Waals surface area contributed by atoms with E-state index >= 15 is 8.78 Å². The normalized spacial score (nSPS) is 13.9. The van der Waals surface area contributed by atoms with Gasteiger partial charge in [-0.15, -0.1) is 0 Å². The lowest BCUT2D eigenvalue weighted by Gasteiger charge is -2.41. The Labute approximate surface area is 400 Å². The van der Waals surface area contributed by atoms with Crippen molar-refractivity contribution in [3.05, 3.63) is 142 Å². The average molecular weight is 950 g/mol. The van der Waals surface area contributed by atoms with Crippen LogP contribution >= 0.6 is 0 Å². The number of ether oxygens (including phenoxy) is 3. The summed E-state index contributed by atoms with van der Waals surface area (Å²) in [6, 6.07) is 16.8. The van der Waals surface area contributed by atoms with E-state index in [4.69, 9.17) is 14.2 Å². The number of anilines is 1. The van der Waals surface area contributed by atoms with Gasteiger partial charge in [0.25, 0.3) is 5.91 Å². The van der Waals surface area contributed by atoms with Crippen molar-refractivity contribution >= 4 is 39.4 Å². The second kappa shape index (κ2) is 18.6. The number of methoxy groups -OCH3 is 3. The van der Waals surface area contributed by atoms with E-state index in [1.807, 2.05) is 67.6 Å². The summed E-state index contributed by atoms with van der Waals surface area (Å²) in [5.41, 5.74) is 2.33. The molecule has 0 spiro atoms. The molecule has 358 valence electrons. The van der Waals surface area contributed by atoms with Crippen LogP contribution in [0.4, 0.5) is 14.6 Å². The van der Waals surface area contributed by atoms with E-state index in [-0.39, 0.29) is 66.3 Å². The lowest BCUT2D eigenvalue weighted by atomic mass is 10.0. The minimum absolute atomic E-state index is 0.0135. The van der Waals surface area contributed by atoms with Crippen molar-refractivity contribution in [1.82, 2.24) is 39.0 Å². The van der Waals surface area contributed by atoms with Gasteiger partial charge in [0.05, 0.1) is 56.4 Å². The third-order valence-corrected chi connectivity index (χ3v) is 12.6. The number of nitrogens with zero attached hydrogens (tertiary/aromatic N) is 8. The number of H-pyrrole nitrogens is 1. The van der Waals surface area contributed by atoms with Crippen molar-refractivity contribution in [2.75, 3.05) is 45.9 Å². The molecule has 18 heteroatoms. The number of halogens is 2. The summed E-state index contributed by atoms with van der Waals surface area (Å²) in [6.45, 7) is 12.5. The van der Waals surface area contributed by atoms with Gasteiger partial charge in [-0.1, -0.05) is 44.7 Å². The molecule has 0 bridgehead atoms. The number of para-hydroxylation sites is 1. The predicted octanol–water partition coefficient (Wildman–Crippen LogP) is 8.15. The predicted molar refractivity (Wildman–Crippen MR) is 260 cm³/mol. The smallest absolute Gasteiger partial charge is 0.355 e. The highest BCUT2D eigenvalue weighted by molar-refractivity contribution is 6.09. The number of hydrogen-bond acceptors (Lipinski definition) is 12. The Morgan fingerprint density at radius 2 is 1.67 bits per heavy atom. The van der Waals surface area contributed by atoms with E-state index in [2.05, 4.69) is 31.5 Å². The molecule has 1 amide bonds. The van der Waals surface area contributed by atoms with E-state index in [0.29, 0.717) is 56.7 Å². The molecule has 70 heavy (non-hydrogen) atoms. The van der Waals surface area contributed by atoms with Crippen LogP contribution in [0.3, 0.4) is 0 Å². The first-order valence-electron chi connectivity index (χ1n) is 22.4. The van der Waals surface area contributed by atoms with Gasteiger partial charge in [-0.3, -0.25) is 14.6 Å². The van der Waals surface area contributed by atoms with Crippen LogP contribution in [0.2, 0.25) is 0 Å². The monoisotopic (exact) mass is 949 g/mol. The summed E-state index contributed by atoms with van der Waals surface area (Å²) >= 11 is 0. The SMILES string of the molecule is C=C(Cn1cc(-c2ncc(C(=O)c3cc(OC)c(OC)c(OC)c3)[nH]2)c2ccccc21)C(=O)N1CCN(c2nc(=O)n(-c3c(C)ccnc3C(C)C)c3nc(-c4c(O)cccc4F)c(F)cc23)[C@@H](C)C1. The quantitative estimate of drug-likeness (QED) is 0.0837. The van der Waals surface area contributed by atoms with E-state index < -0.39 is 40.4 Å². The van der Waals surface area contributed by atoms with Crippen LogP contribution in [0.1, 0.15) is 54.0 Å². The van der Waals surface area contributed by atoms with Crippen molar-refractivity contribution in [2.24, 2.45) is 0 Å². The number of aromatic nitrogens is 7. The first-order valence-corrected chi connectivity index (χ1v) is 22.4. The van der Waals surface area contributed by atoms with Gasteiger partial charge in [-0.2, -0.15) is 4.98 Å². The zero-order valence-corrected chi connectivity index (χ0v) is 39.5. The lowest BCUT2D eigenvalue weighted by molar-refractivity contribution is -0.128. The molecule has 0 saturated carbocycles. The number of carbonyl (C=O) groups is 2. The van der Waals surface area contributed by atoms with Crippen LogP contribution in [0.25, 0.3) is 50.3 Å². The van der Waals surface area contributed by atoms with Crippen LogP contribution in [-0.2, 0) is 11.3 Å². The second-order valence-electron chi connectivity index (χ2n) is 17.4. The number of phenolic OH excluding ortho intramolecular Hbond substituents is 1. The number of benzene rings is 3. The van der Waals surface area contributed by atoms with Crippen LogP contribution in [-0.4, -0.2) is 103 Å². The lowest BCUT2D eigenvalue weighted by Crippen LogP contribution is -2.54. The molecule has 1 atom stereocenters. The number of nitrogens with one attached hydrogen (secondary N) is 1. The van der Waals surface area contributed by atoms with Gasteiger partial charge < -0.3 is 38.7 Å². The molecule has 0 radical (unpaired) electrons. The Kier molecular flexibility index (Phi) is 12.4. The van der Waals surface area contributed by atoms with Crippen LogP contribution in [0.5, 0.6) is 23.0 Å². The van der Waals surface area contributed by atoms with E-state index in [0.717, 1.165) is 23.0 Å². The molecule has 9 rings (SSSR count). The van der Waals surface area contributed by atoms with Crippen LogP contribution in [0.15, 0.2) is 102 Å². The van der Waals surface area contributed by atoms with E-state index in [1.165, 1.54) is 44.2 Å². The van der Waals surface area contributed by atoms with Crippen LogP contribution in [0, 0.1) is 18.6 Å². The summed E-state index contributed by atoms with van der Waals surface area (Å²) in [5, 5.41) is 11.7. The Balaban J connectivity index is 0.992. The Morgan fingerprint density at radius 3 is 2.36 bits per heavy atom. The summed E-state index contributed by atoms with van der Waals surface area (Å²) in [6.07, 6.45) is 4.96. The van der Waals surface area contributed by atoms with Crippen molar-refractivity contribution in [3.63, 3.8) is 0 Å². The maximum atomic E-state index is 16.3. The maximum Gasteiger partial charge on any atom is 0.355 e. The summed E-state index contributed by atoms with van der Waals surface area (Å²) in [7, 11) is 4.43. The summed E-state index contributed by atoms with van der Waals surface area (Å²) in [4.78, 5) is 67.3. The number of hydrogen-bond donors (Lipinski definition) is 2. The number of rotatable bonds is 13. The zero-order valence-electron chi connectivity index (χ0n) is 39.5. The second-order valence-corrected chi connectivity index (χ2v) is 17.4. The van der Waals surface area contributed by atoms with Gasteiger partial charge in [0.2, 0.25) is 11.5 Å². The third kappa shape index (κ3) is 8.13. The van der Waals surface area contributed by atoms with Gasteiger partial charge in [0, 0.05) is 65.7 Å². The number of pyridine rings is 2. The molecular weight excluding hydrogens is 901 g/mol. The standard InChI is InChI=1S/C52H49F2N9O7/c1-27(2)43-45(28(3)16-17-55-43)63-50-33(22-36(54)44(58-50)42-35(53)13-11-15-39(42)64)49(59-52(63)67)62-19-18-60(25-30(62)5)51(66)29(4)24-61-26-34(32-12-9-10-14-38(32)61)48-56-23-37(57-48)46(65)31-20-40(68-6)47(70-8)41(21-31)69-7/h9-17,20-23,26-27,30,64H,4,18-19,24-25H2,1-3,5-8H3,(H,56,57)/t30-/m0/s1. The summed E-state index contributed by atoms with van der Waals surface area (Å²) in [5.74, 6) is -1.54. The molecule has 1 saturated heterocycles. The molecule has 3 aromatic carbocycles. The Bertz CT molecular complexity index is 3430. The molecule has 5 aromatic heterocycles. The van der Waals surface area contributed by atoms with Crippen molar-refractivity contribution < 1.29 is 37.7 Å². The van der Waals surface area contributed by atoms with E-state index in [9.17, 15) is 19.5 Å². The largest absolute Gasteiger partial charge is 0.507 e. The zero-order chi connectivity index (χ0) is 49.7. The van der Waals surface area contributed by atoms with Gasteiger partial charge >= 0.3 is 5.69 Å². The highest BCUT2D eigenvalue weighted by Crippen LogP contribution is 2.40. The molecule has 2 N–H and O–H groups in total. The fourth-order valence-electron chi connectivity index (χ4n) is 9.19. The van der Waals surface area contributed by atoms with Crippen LogP contribution < -0.4 is 24.8 Å². The number of fused-ring (bicyclic) bond motifs is 2. The third-order valence-electron chi connectivity index (χ3n) is 12.6. The number of ketones is 1. The fraction of sp³-hybridized carbons (Fsp3) is 0.250. The topological polar surface area (TPSA) is 183 Å². The highest BCUT2D eigenvalue weighted by Gasteiger charge is 2.33. The van der Waals surface area contributed by atoms with Crippen molar-refractivity contribution in [1.29, 1.82) is 0 Å². The first-order chi connectivity index (χ1) is 33.6. The number of phenols is 1. The Morgan fingerprint density at radius 1 is 0.929 bits per heavy atom. The number of aryl methyl sites for hydroxylation is 1. The molecule has 6 heterocycles. The maximum absolute atomic E-state index is 16.3. The van der Waals surface area contributed by atoms with Gasteiger partial charge in [-0.05, 0) is 67.8 Å². The summed E-state index contributed by atoms with van der Waals surface area (Å²) < 4.78 is 51.1. The number of piperazine rings is 1. The number of imidazole rings is 1.